The molecule has 2 N–H and O–H groups in total. The molecule has 3 aromatic carbocycles. The third kappa shape index (κ3) is 1.13. The van der Waals surface area contributed by atoms with Gasteiger partial charge in [0.25, 0.3) is 0 Å². The lowest BCUT2D eigenvalue weighted by Gasteiger charge is -2.07. The van der Waals surface area contributed by atoms with Gasteiger partial charge in [0.1, 0.15) is 11.5 Å². The van der Waals surface area contributed by atoms with E-state index in [1.807, 2.05) is 30.3 Å². The number of phenols is 2. The molecule has 0 saturated heterocycles. The first-order chi connectivity index (χ1) is 7.77. The summed E-state index contributed by atoms with van der Waals surface area (Å²) in [6.45, 7) is 0. The Labute approximate surface area is 92.4 Å². The zero-order valence-corrected chi connectivity index (χ0v) is 8.51. The van der Waals surface area contributed by atoms with E-state index in [-0.39, 0.29) is 11.5 Å². The molecular weight excluding hydrogens is 200 g/mol. The van der Waals surface area contributed by atoms with Crippen molar-refractivity contribution in [1.82, 2.24) is 0 Å². The SMILES string of the molecule is Oc1cccc2c1c(O)cc1ccccc12. The van der Waals surface area contributed by atoms with Crippen LogP contribution in [0.1, 0.15) is 0 Å². The van der Waals surface area contributed by atoms with Crippen LogP contribution in [0.25, 0.3) is 21.5 Å². The maximum Gasteiger partial charge on any atom is 0.127 e. The molecule has 0 bridgehead atoms. The van der Waals surface area contributed by atoms with E-state index in [2.05, 4.69) is 0 Å². The fourth-order valence-electron chi connectivity index (χ4n) is 2.12. The molecule has 16 heavy (non-hydrogen) atoms. The van der Waals surface area contributed by atoms with E-state index in [1.54, 1.807) is 18.2 Å². The van der Waals surface area contributed by atoms with E-state index < -0.39 is 0 Å². The first kappa shape index (κ1) is 9.04. The van der Waals surface area contributed by atoms with E-state index in [9.17, 15) is 10.2 Å². The van der Waals surface area contributed by atoms with Gasteiger partial charge in [-0.15, -0.1) is 0 Å². The number of rotatable bonds is 0. The smallest absolute Gasteiger partial charge is 0.127 e. The first-order valence-electron chi connectivity index (χ1n) is 5.10. The summed E-state index contributed by atoms with van der Waals surface area (Å²) in [6.07, 6.45) is 0. The number of fused-ring (bicyclic) bond motifs is 3. The van der Waals surface area contributed by atoms with Crippen LogP contribution in [0.2, 0.25) is 0 Å². The molecule has 0 aliphatic heterocycles. The molecule has 0 atom stereocenters. The van der Waals surface area contributed by atoms with Gasteiger partial charge in [0.15, 0.2) is 0 Å². The molecule has 0 aliphatic rings. The number of benzene rings is 3. The van der Waals surface area contributed by atoms with E-state index in [1.165, 1.54) is 0 Å². The molecule has 2 heteroatoms. The Balaban J connectivity index is 2.65. The van der Waals surface area contributed by atoms with Crippen LogP contribution in [0.5, 0.6) is 11.5 Å². The summed E-state index contributed by atoms with van der Waals surface area (Å²) in [6, 6.07) is 14.7. The van der Waals surface area contributed by atoms with Crippen LogP contribution >= 0.6 is 0 Å². The second-order valence-electron chi connectivity index (χ2n) is 3.82. The Hall–Kier alpha value is -2.22. The van der Waals surface area contributed by atoms with E-state index in [0.29, 0.717) is 5.39 Å². The van der Waals surface area contributed by atoms with Crippen LogP contribution in [-0.4, -0.2) is 10.2 Å². The van der Waals surface area contributed by atoms with Gasteiger partial charge in [0.05, 0.1) is 5.39 Å². The third-order valence-corrected chi connectivity index (χ3v) is 2.84. The highest BCUT2D eigenvalue weighted by molar-refractivity contribution is 6.12. The Morgan fingerprint density at radius 3 is 2.31 bits per heavy atom. The summed E-state index contributed by atoms with van der Waals surface area (Å²) in [5.74, 6) is 0.229. The van der Waals surface area contributed by atoms with Crippen molar-refractivity contribution in [2.45, 2.75) is 0 Å². The number of aromatic hydroxyl groups is 2. The van der Waals surface area contributed by atoms with Crippen LogP contribution in [-0.2, 0) is 0 Å². The van der Waals surface area contributed by atoms with Gasteiger partial charge < -0.3 is 10.2 Å². The third-order valence-electron chi connectivity index (χ3n) is 2.84. The van der Waals surface area contributed by atoms with Crippen molar-refractivity contribution in [3.05, 3.63) is 48.5 Å². The summed E-state index contributed by atoms with van der Waals surface area (Å²) in [7, 11) is 0. The highest BCUT2D eigenvalue weighted by Gasteiger charge is 2.08. The first-order valence-corrected chi connectivity index (χ1v) is 5.10. The molecule has 78 valence electrons. The lowest BCUT2D eigenvalue weighted by Crippen LogP contribution is -1.79. The normalized spacial score (nSPS) is 11.0. The van der Waals surface area contributed by atoms with Gasteiger partial charge in [-0.3, -0.25) is 0 Å². The summed E-state index contributed by atoms with van der Waals surface area (Å²) in [5.41, 5.74) is 0. The highest BCUT2D eigenvalue weighted by atomic mass is 16.3. The predicted octanol–water partition coefficient (Wildman–Crippen LogP) is 3.40. The summed E-state index contributed by atoms with van der Waals surface area (Å²) < 4.78 is 0. The van der Waals surface area contributed by atoms with E-state index >= 15 is 0 Å². The molecular formula is C14H10O2. The van der Waals surface area contributed by atoms with Gasteiger partial charge in [-0.25, -0.2) is 0 Å². The van der Waals surface area contributed by atoms with Gasteiger partial charge in [-0.2, -0.15) is 0 Å². The van der Waals surface area contributed by atoms with Crippen molar-refractivity contribution in [2.75, 3.05) is 0 Å². The van der Waals surface area contributed by atoms with Crippen LogP contribution in [0.3, 0.4) is 0 Å². The maximum absolute atomic E-state index is 9.89. The lowest BCUT2D eigenvalue weighted by atomic mass is 10.0. The van der Waals surface area contributed by atoms with Crippen molar-refractivity contribution in [1.29, 1.82) is 0 Å². The average molecular weight is 210 g/mol. The highest BCUT2D eigenvalue weighted by Crippen LogP contribution is 2.37. The molecule has 0 saturated carbocycles. The van der Waals surface area contributed by atoms with Crippen molar-refractivity contribution in [2.24, 2.45) is 0 Å². The summed E-state index contributed by atoms with van der Waals surface area (Å²) >= 11 is 0. The lowest BCUT2D eigenvalue weighted by molar-refractivity contribution is 0.464. The Kier molecular flexibility index (Phi) is 1.77. The standard InChI is InChI=1S/C14H10O2/c15-12-7-3-6-11-10-5-2-1-4-9(10)8-13(16)14(11)12/h1-8,15-16H. The Bertz CT molecular complexity index is 687. The minimum absolute atomic E-state index is 0.112. The van der Waals surface area contributed by atoms with Crippen LogP contribution in [0.15, 0.2) is 48.5 Å². The largest absolute Gasteiger partial charge is 0.507 e. The van der Waals surface area contributed by atoms with Crippen molar-refractivity contribution in [3.8, 4) is 11.5 Å². The molecule has 0 amide bonds. The van der Waals surface area contributed by atoms with Gasteiger partial charge in [0.2, 0.25) is 0 Å². The van der Waals surface area contributed by atoms with Crippen LogP contribution < -0.4 is 0 Å². The molecule has 0 heterocycles. The van der Waals surface area contributed by atoms with Crippen LogP contribution in [0, 0.1) is 0 Å². The van der Waals surface area contributed by atoms with E-state index in [4.69, 9.17) is 0 Å². The maximum atomic E-state index is 9.89. The molecule has 0 unspecified atom stereocenters. The predicted molar refractivity (Wildman–Crippen MR) is 64.8 cm³/mol. The quantitative estimate of drug-likeness (QED) is 0.558. The molecule has 0 fully saturated rings. The zero-order valence-electron chi connectivity index (χ0n) is 8.51. The summed E-state index contributed by atoms with van der Waals surface area (Å²) in [4.78, 5) is 0. The monoisotopic (exact) mass is 210 g/mol. The minimum atomic E-state index is 0.112. The second kappa shape index (κ2) is 3.14. The fourth-order valence-corrected chi connectivity index (χ4v) is 2.12. The van der Waals surface area contributed by atoms with Crippen molar-refractivity contribution < 1.29 is 10.2 Å². The van der Waals surface area contributed by atoms with Gasteiger partial charge in [-0.1, -0.05) is 36.4 Å². The van der Waals surface area contributed by atoms with Gasteiger partial charge in [-0.05, 0) is 28.3 Å². The molecule has 2 nitrogen and oxygen atoms in total. The van der Waals surface area contributed by atoms with Gasteiger partial charge in [0, 0.05) is 0 Å². The second-order valence-corrected chi connectivity index (χ2v) is 3.82. The minimum Gasteiger partial charge on any atom is -0.507 e. The van der Waals surface area contributed by atoms with Crippen molar-refractivity contribution in [3.63, 3.8) is 0 Å². The molecule has 0 radical (unpaired) electrons. The Morgan fingerprint density at radius 2 is 1.44 bits per heavy atom. The molecule has 3 rings (SSSR count). The molecule has 3 aromatic rings. The zero-order chi connectivity index (χ0) is 11.1. The molecule has 0 aromatic heterocycles. The van der Waals surface area contributed by atoms with Crippen molar-refractivity contribution >= 4 is 21.5 Å². The number of hydrogen-bond donors (Lipinski definition) is 2. The topological polar surface area (TPSA) is 40.5 Å². The number of phenolic OH excluding ortho intramolecular Hbond substituents is 2. The molecule has 0 spiro atoms. The summed E-state index contributed by atoms with van der Waals surface area (Å²) in [5, 5.41) is 23.0. The van der Waals surface area contributed by atoms with Crippen LogP contribution in [0.4, 0.5) is 0 Å². The fraction of sp³-hybridized carbons (Fsp3) is 0. The average Bonchev–Trinajstić information content (AvgIpc) is 2.29. The van der Waals surface area contributed by atoms with Gasteiger partial charge >= 0.3 is 0 Å². The molecule has 0 aliphatic carbocycles. The van der Waals surface area contributed by atoms with E-state index in [0.717, 1.165) is 16.2 Å². The Morgan fingerprint density at radius 1 is 0.688 bits per heavy atom. The number of hydrogen-bond acceptors (Lipinski definition) is 2.